The minimum Gasteiger partial charge on any atom is -0.497 e. The summed E-state index contributed by atoms with van der Waals surface area (Å²) in [5, 5.41) is 0. The number of hydrogen-bond donors (Lipinski definition) is 0. The Bertz CT molecular complexity index is 386. The van der Waals surface area contributed by atoms with Crippen molar-refractivity contribution < 1.29 is 14.3 Å². The second kappa shape index (κ2) is 6.13. The molecule has 0 aromatic heterocycles. The van der Waals surface area contributed by atoms with E-state index in [1.165, 1.54) is 7.11 Å². The molecule has 0 heterocycles. The van der Waals surface area contributed by atoms with Gasteiger partial charge in [0.15, 0.2) is 0 Å². The van der Waals surface area contributed by atoms with Crippen LogP contribution in [-0.4, -0.2) is 33.3 Å². The van der Waals surface area contributed by atoms with E-state index in [9.17, 15) is 4.79 Å². The summed E-state index contributed by atoms with van der Waals surface area (Å²) in [6.07, 6.45) is 0. The van der Waals surface area contributed by atoms with E-state index in [0.717, 1.165) is 18.8 Å². The number of nitrogens with zero attached hydrogens (tertiary/aromatic N) is 1. The van der Waals surface area contributed by atoms with E-state index in [0.29, 0.717) is 11.3 Å². The van der Waals surface area contributed by atoms with Crippen LogP contribution in [0, 0.1) is 0 Å². The first-order valence-corrected chi connectivity index (χ1v) is 5.68. The molecule has 0 atom stereocenters. The largest absolute Gasteiger partial charge is 0.497 e. The summed E-state index contributed by atoms with van der Waals surface area (Å²) in [4.78, 5) is 13.7. The number of hydrogen-bond acceptors (Lipinski definition) is 4. The molecule has 0 N–H and O–H groups in total. The molecule has 0 aliphatic rings. The fraction of sp³-hybridized carbons (Fsp3) is 0.462. The monoisotopic (exact) mass is 237 g/mol. The van der Waals surface area contributed by atoms with Crippen molar-refractivity contribution in [3.8, 4) is 5.75 Å². The second-order valence-corrected chi connectivity index (χ2v) is 3.58. The van der Waals surface area contributed by atoms with Crippen LogP contribution in [0.25, 0.3) is 0 Å². The molecule has 0 saturated carbocycles. The Morgan fingerprint density at radius 3 is 2.29 bits per heavy atom. The van der Waals surface area contributed by atoms with Crippen LogP contribution in [0.3, 0.4) is 0 Å². The average molecular weight is 237 g/mol. The number of esters is 1. The summed E-state index contributed by atoms with van der Waals surface area (Å²) in [5.74, 6) is 0.312. The van der Waals surface area contributed by atoms with Crippen LogP contribution >= 0.6 is 0 Å². The standard InChI is InChI=1S/C13H19NO3/c1-5-14(6-2)11-7-10(13(15)17-4)8-12(9-11)16-3/h7-9H,5-6H2,1-4H3. The van der Waals surface area contributed by atoms with Gasteiger partial charge in [-0.2, -0.15) is 0 Å². The SMILES string of the molecule is CCN(CC)c1cc(OC)cc(C(=O)OC)c1. The highest BCUT2D eigenvalue weighted by Crippen LogP contribution is 2.24. The molecular formula is C13H19NO3. The molecule has 4 heteroatoms. The first-order valence-electron chi connectivity index (χ1n) is 5.68. The molecule has 0 aliphatic carbocycles. The van der Waals surface area contributed by atoms with E-state index in [-0.39, 0.29) is 5.97 Å². The second-order valence-electron chi connectivity index (χ2n) is 3.58. The highest BCUT2D eigenvalue weighted by Gasteiger charge is 2.11. The first kappa shape index (κ1) is 13.4. The van der Waals surface area contributed by atoms with Crippen molar-refractivity contribution in [1.82, 2.24) is 0 Å². The van der Waals surface area contributed by atoms with Crippen molar-refractivity contribution in [3.63, 3.8) is 0 Å². The lowest BCUT2D eigenvalue weighted by Crippen LogP contribution is -2.22. The molecule has 0 fully saturated rings. The maximum atomic E-state index is 11.5. The zero-order valence-corrected chi connectivity index (χ0v) is 10.8. The van der Waals surface area contributed by atoms with Gasteiger partial charge >= 0.3 is 5.97 Å². The lowest BCUT2D eigenvalue weighted by atomic mass is 10.1. The molecule has 94 valence electrons. The molecule has 17 heavy (non-hydrogen) atoms. The maximum absolute atomic E-state index is 11.5. The smallest absolute Gasteiger partial charge is 0.338 e. The third kappa shape index (κ3) is 3.12. The highest BCUT2D eigenvalue weighted by atomic mass is 16.5. The Labute approximate surface area is 102 Å². The van der Waals surface area contributed by atoms with E-state index < -0.39 is 0 Å². The van der Waals surface area contributed by atoms with Crippen molar-refractivity contribution in [3.05, 3.63) is 23.8 Å². The highest BCUT2D eigenvalue weighted by molar-refractivity contribution is 5.91. The number of rotatable bonds is 5. The van der Waals surface area contributed by atoms with Crippen LogP contribution in [0.1, 0.15) is 24.2 Å². The van der Waals surface area contributed by atoms with Crippen LogP contribution in [0.4, 0.5) is 5.69 Å². The van der Waals surface area contributed by atoms with Gasteiger partial charge in [-0.1, -0.05) is 0 Å². The van der Waals surface area contributed by atoms with Crippen LogP contribution < -0.4 is 9.64 Å². The fourth-order valence-electron chi connectivity index (χ4n) is 1.71. The molecule has 0 radical (unpaired) electrons. The predicted octanol–water partition coefficient (Wildman–Crippen LogP) is 2.33. The van der Waals surface area contributed by atoms with Gasteiger partial charge in [0.05, 0.1) is 19.8 Å². The Morgan fingerprint density at radius 2 is 1.82 bits per heavy atom. The molecule has 0 unspecified atom stereocenters. The Balaban J connectivity index is 3.17. The van der Waals surface area contributed by atoms with Gasteiger partial charge in [-0.05, 0) is 26.0 Å². The topological polar surface area (TPSA) is 38.8 Å². The molecule has 1 rings (SSSR count). The molecular weight excluding hydrogens is 218 g/mol. The zero-order chi connectivity index (χ0) is 12.8. The first-order chi connectivity index (χ1) is 8.15. The van der Waals surface area contributed by atoms with Crippen LogP contribution in [0.15, 0.2) is 18.2 Å². The molecule has 1 aromatic carbocycles. The van der Waals surface area contributed by atoms with Crippen molar-refractivity contribution in [2.24, 2.45) is 0 Å². The Hall–Kier alpha value is -1.71. The molecule has 0 saturated heterocycles. The van der Waals surface area contributed by atoms with Crippen LogP contribution in [0.5, 0.6) is 5.75 Å². The van der Waals surface area contributed by atoms with Gasteiger partial charge < -0.3 is 14.4 Å². The summed E-state index contributed by atoms with van der Waals surface area (Å²) in [5.41, 5.74) is 1.48. The van der Waals surface area contributed by atoms with Crippen LogP contribution in [-0.2, 0) is 4.74 Å². The molecule has 0 bridgehead atoms. The summed E-state index contributed by atoms with van der Waals surface area (Å²) in [7, 11) is 2.96. The zero-order valence-electron chi connectivity index (χ0n) is 10.8. The molecule has 0 amide bonds. The number of methoxy groups -OCH3 is 2. The fourth-order valence-corrected chi connectivity index (χ4v) is 1.71. The molecule has 4 nitrogen and oxygen atoms in total. The Kier molecular flexibility index (Phi) is 4.82. The molecule has 0 aliphatic heterocycles. The van der Waals surface area contributed by atoms with E-state index >= 15 is 0 Å². The van der Waals surface area contributed by atoms with Gasteiger partial charge in [0, 0.05) is 24.8 Å². The number of anilines is 1. The number of carbonyl (C=O) groups is 1. The summed E-state index contributed by atoms with van der Waals surface area (Å²) in [6, 6.07) is 5.42. The summed E-state index contributed by atoms with van der Waals surface area (Å²) >= 11 is 0. The predicted molar refractivity (Wildman–Crippen MR) is 67.9 cm³/mol. The van der Waals surface area contributed by atoms with Crippen LogP contribution in [0.2, 0.25) is 0 Å². The third-order valence-corrected chi connectivity index (χ3v) is 2.68. The molecule has 0 spiro atoms. The van der Waals surface area contributed by atoms with Gasteiger partial charge in [-0.25, -0.2) is 4.79 Å². The van der Waals surface area contributed by atoms with Crippen molar-refractivity contribution >= 4 is 11.7 Å². The van der Waals surface area contributed by atoms with E-state index in [1.54, 1.807) is 13.2 Å². The van der Waals surface area contributed by atoms with Gasteiger partial charge in [0.1, 0.15) is 5.75 Å². The van der Waals surface area contributed by atoms with Gasteiger partial charge in [0.2, 0.25) is 0 Å². The van der Waals surface area contributed by atoms with Crippen molar-refractivity contribution in [1.29, 1.82) is 0 Å². The minimum absolute atomic E-state index is 0.350. The van der Waals surface area contributed by atoms with Gasteiger partial charge in [0.25, 0.3) is 0 Å². The van der Waals surface area contributed by atoms with E-state index in [4.69, 9.17) is 9.47 Å². The van der Waals surface area contributed by atoms with E-state index in [1.807, 2.05) is 12.1 Å². The third-order valence-electron chi connectivity index (χ3n) is 2.68. The number of carbonyl (C=O) groups excluding carboxylic acids is 1. The van der Waals surface area contributed by atoms with Gasteiger partial charge in [-0.15, -0.1) is 0 Å². The number of ether oxygens (including phenoxy) is 2. The average Bonchev–Trinajstić information content (AvgIpc) is 2.38. The Morgan fingerprint density at radius 1 is 1.18 bits per heavy atom. The van der Waals surface area contributed by atoms with Crippen molar-refractivity contribution in [2.45, 2.75) is 13.8 Å². The number of benzene rings is 1. The normalized spacial score (nSPS) is 9.88. The van der Waals surface area contributed by atoms with Crippen molar-refractivity contribution in [2.75, 3.05) is 32.2 Å². The minimum atomic E-state index is -0.350. The quantitative estimate of drug-likeness (QED) is 0.737. The summed E-state index contributed by atoms with van der Waals surface area (Å²) < 4.78 is 9.92. The maximum Gasteiger partial charge on any atom is 0.338 e. The van der Waals surface area contributed by atoms with Gasteiger partial charge in [-0.3, -0.25) is 0 Å². The summed E-state index contributed by atoms with van der Waals surface area (Å²) in [6.45, 7) is 5.90. The van der Waals surface area contributed by atoms with E-state index in [2.05, 4.69) is 18.7 Å². The lowest BCUT2D eigenvalue weighted by molar-refractivity contribution is 0.0600. The molecule has 1 aromatic rings. The lowest BCUT2D eigenvalue weighted by Gasteiger charge is -2.22.